The molecule has 88 valence electrons. The maximum atomic E-state index is 10.1. The molecule has 1 atom stereocenters. The number of aliphatic hydroxyl groups is 1. The standard InChI is InChI=1S/C13H26OSi/c1-6-8-9-11-12(14)13(10-7-2)15(3,4)5/h7,10,12,14H,2,6,8-9,11H2,1,3-5H3/b13-10-. The van der Waals surface area contributed by atoms with Crippen molar-refractivity contribution in [3.05, 3.63) is 23.9 Å². The van der Waals surface area contributed by atoms with Gasteiger partial charge in [-0.3, -0.25) is 0 Å². The van der Waals surface area contributed by atoms with Crippen LogP contribution in [0.15, 0.2) is 23.9 Å². The van der Waals surface area contributed by atoms with E-state index in [1.807, 2.05) is 6.08 Å². The summed E-state index contributed by atoms with van der Waals surface area (Å²) in [4.78, 5) is 0. The summed E-state index contributed by atoms with van der Waals surface area (Å²) in [5.41, 5.74) is 0. The third-order valence-corrected chi connectivity index (χ3v) is 4.84. The molecular weight excluding hydrogens is 200 g/mol. The van der Waals surface area contributed by atoms with Crippen molar-refractivity contribution in [3.8, 4) is 0 Å². The van der Waals surface area contributed by atoms with Gasteiger partial charge in [0.2, 0.25) is 0 Å². The van der Waals surface area contributed by atoms with Crippen LogP contribution in [0.3, 0.4) is 0 Å². The molecular formula is C13H26OSi. The van der Waals surface area contributed by atoms with E-state index in [1.54, 1.807) is 6.08 Å². The topological polar surface area (TPSA) is 20.2 Å². The van der Waals surface area contributed by atoms with E-state index in [1.165, 1.54) is 18.0 Å². The molecule has 0 aliphatic heterocycles. The van der Waals surface area contributed by atoms with Gasteiger partial charge in [-0.15, -0.1) is 0 Å². The zero-order chi connectivity index (χ0) is 11.9. The van der Waals surface area contributed by atoms with Gasteiger partial charge in [0.1, 0.15) is 0 Å². The lowest BCUT2D eigenvalue weighted by Gasteiger charge is -2.25. The Morgan fingerprint density at radius 2 is 1.93 bits per heavy atom. The van der Waals surface area contributed by atoms with E-state index in [9.17, 15) is 5.11 Å². The largest absolute Gasteiger partial charge is 0.389 e. The molecule has 0 amide bonds. The highest BCUT2D eigenvalue weighted by Crippen LogP contribution is 2.22. The molecule has 0 aromatic heterocycles. The Hall–Kier alpha value is -0.343. The minimum atomic E-state index is -1.39. The Morgan fingerprint density at radius 1 is 1.33 bits per heavy atom. The SMILES string of the molecule is C=C/C=C(/C(O)CCCCC)[Si](C)(C)C. The van der Waals surface area contributed by atoms with Gasteiger partial charge in [-0.2, -0.15) is 0 Å². The Kier molecular flexibility index (Phi) is 6.86. The van der Waals surface area contributed by atoms with Crippen LogP contribution in [0.2, 0.25) is 19.6 Å². The van der Waals surface area contributed by atoms with Crippen LogP contribution in [0.5, 0.6) is 0 Å². The van der Waals surface area contributed by atoms with E-state index < -0.39 is 8.07 Å². The third-order valence-electron chi connectivity index (χ3n) is 2.60. The quantitative estimate of drug-likeness (QED) is 0.396. The highest BCUT2D eigenvalue weighted by atomic mass is 28.3. The van der Waals surface area contributed by atoms with E-state index in [0.29, 0.717) is 0 Å². The summed E-state index contributed by atoms with van der Waals surface area (Å²) in [6.07, 6.45) is 8.01. The summed E-state index contributed by atoms with van der Waals surface area (Å²) in [6, 6.07) is 0. The summed E-state index contributed by atoms with van der Waals surface area (Å²) in [5.74, 6) is 0. The lowest BCUT2D eigenvalue weighted by atomic mass is 10.1. The zero-order valence-electron chi connectivity index (χ0n) is 10.7. The summed E-state index contributed by atoms with van der Waals surface area (Å²) in [6.45, 7) is 12.7. The number of allylic oxidation sites excluding steroid dienone is 2. The number of unbranched alkanes of at least 4 members (excludes halogenated alkanes) is 2. The molecule has 0 aromatic carbocycles. The number of hydrogen-bond donors (Lipinski definition) is 1. The van der Waals surface area contributed by atoms with Gasteiger partial charge in [0.15, 0.2) is 0 Å². The minimum Gasteiger partial charge on any atom is -0.389 e. The highest BCUT2D eigenvalue weighted by Gasteiger charge is 2.24. The molecule has 0 aliphatic rings. The Labute approximate surface area is 95.9 Å². The monoisotopic (exact) mass is 226 g/mol. The van der Waals surface area contributed by atoms with Crippen molar-refractivity contribution in [2.24, 2.45) is 0 Å². The predicted octanol–water partition coefficient (Wildman–Crippen LogP) is 3.92. The van der Waals surface area contributed by atoms with Crippen LogP contribution in [0.1, 0.15) is 32.6 Å². The molecule has 0 saturated heterocycles. The van der Waals surface area contributed by atoms with E-state index in [-0.39, 0.29) is 6.10 Å². The lowest BCUT2D eigenvalue weighted by molar-refractivity contribution is 0.202. The van der Waals surface area contributed by atoms with Crippen LogP contribution in [0, 0.1) is 0 Å². The van der Waals surface area contributed by atoms with Gasteiger partial charge in [0.05, 0.1) is 14.2 Å². The fourth-order valence-corrected chi connectivity index (χ4v) is 3.49. The van der Waals surface area contributed by atoms with E-state index in [0.717, 1.165) is 12.8 Å². The molecule has 2 heteroatoms. The second kappa shape index (κ2) is 7.02. The van der Waals surface area contributed by atoms with Gasteiger partial charge in [-0.05, 0) is 6.42 Å². The molecule has 1 N–H and O–H groups in total. The van der Waals surface area contributed by atoms with Crippen LogP contribution in [0.25, 0.3) is 0 Å². The first kappa shape index (κ1) is 14.7. The van der Waals surface area contributed by atoms with Gasteiger partial charge >= 0.3 is 0 Å². The third kappa shape index (κ3) is 5.95. The first-order valence-electron chi connectivity index (χ1n) is 5.94. The normalized spacial score (nSPS) is 15.1. The molecule has 0 fully saturated rings. The average molecular weight is 226 g/mol. The maximum absolute atomic E-state index is 10.1. The highest BCUT2D eigenvalue weighted by molar-refractivity contribution is 6.83. The van der Waals surface area contributed by atoms with Gasteiger partial charge < -0.3 is 5.11 Å². The number of aliphatic hydroxyl groups excluding tert-OH is 1. The summed E-state index contributed by atoms with van der Waals surface area (Å²) < 4.78 is 0. The Balaban J connectivity index is 4.38. The van der Waals surface area contributed by atoms with Crippen molar-refractivity contribution in [1.82, 2.24) is 0 Å². The Bertz CT molecular complexity index is 213. The van der Waals surface area contributed by atoms with Crippen LogP contribution in [0.4, 0.5) is 0 Å². The molecule has 0 aliphatic carbocycles. The van der Waals surface area contributed by atoms with Gasteiger partial charge in [0.25, 0.3) is 0 Å². The zero-order valence-corrected chi connectivity index (χ0v) is 11.7. The van der Waals surface area contributed by atoms with Crippen molar-refractivity contribution in [2.45, 2.75) is 58.4 Å². The molecule has 0 aromatic rings. The molecule has 1 unspecified atom stereocenters. The second-order valence-corrected chi connectivity index (χ2v) is 10.2. The first-order chi connectivity index (χ1) is 6.93. The second-order valence-electron chi connectivity index (χ2n) is 5.12. The fraction of sp³-hybridized carbons (Fsp3) is 0.692. The molecule has 1 nitrogen and oxygen atoms in total. The van der Waals surface area contributed by atoms with Crippen LogP contribution in [-0.4, -0.2) is 19.3 Å². The smallest absolute Gasteiger partial charge is 0.0758 e. The summed E-state index contributed by atoms with van der Waals surface area (Å²) in [5, 5.41) is 11.4. The van der Waals surface area contributed by atoms with Crippen LogP contribution in [-0.2, 0) is 0 Å². The lowest BCUT2D eigenvalue weighted by Crippen LogP contribution is -2.32. The predicted molar refractivity (Wildman–Crippen MR) is 71.8 cm³/mol. The van der Waals surface area contributed by atoms with Crippen molar-refractivity contribution in [3.63, 3.8) is 0 Å². The molecule has 15 heavy (non-hydrogen) atoms. The summed E-state index contributed by atoms with van der Waals surface area (Å²) in [7, 11) is -1.39. The maximum Gasteiger partial charge on any atom is 0.0758 e. The van der Waals surface area contributed by atoms with Crippen LogP contribution < -0.4 is 0 Å². The number of hydrogen-bond acceptors (Lipinski definition) is 1. The van der Waals surface area contributed by atoms with Crippen LogP contribution >= 0.6 is 0 Å². The molecule has 0 bridgehead atoms. The Morgan fingerprint density at radius 3 is 2.33 bits per heavy atom. The van der Waals surface area contributed by atoms with Crippen molar-refractivity contribution in [2.75, 3.05) is 0 Å². The fourth-order valence-electron chi connectivity index (χ4n) is 1.73. The van der Waals surface area contributed by atoms with Gasteiger partial charge in [-0.1, -0.05) is 69.8 Å². The van der Waals surface area contributed by atoms with E-state index in [2.05, 4.69) is 33.1 Å². The van der Waals surface area contributed by atoms with E-state index >= 15 is 0 Å². The molecule has 0 saturated carbocycles. The van der Waals surface area contributed by atoms with Crippen molar-refractivity contribution < 1.29 is 5.11 Å². The van der Waals surface area contributed by atoms with Crippen molar-refractivity contribution in [1.29, 1.82) is 0 Å². The summed E-state index contributed by atoms with van der Waals surface area (Å²) >= 11 is 0. The van der Waals surface area contributed by atoms with Crippen molar-refractivity contribution >= 4 is 8.07 Å². The van der Waals surface area contributed by atoms with Gasteiger partial charge in [-0.25, -0.2) is 0 Å². The molecule has 0 rings (SSSR count). The molecule has 0 heterocycles. The number of rotatable bonds is 7. The first-order valence-corrected chi connectivity index (χ1v) is 9.44. The molecule has 0 spiro atoms. The average Bonchev–Trinajstić information content (AvgIpc) is 2.12. The minimum absolute atomic E-state index is 0.249. The van der Waals surface area contributed by atoms with E-state index in [4.69, 9.17) is 0 Å². The van der Waals surface area contributed by atoms with Gasteiger partial charge in [0, 0.05) is 0 Å². The molecule has 0 radical (unpaired) electrons.